The van der Waals surface area contributed by atoms with Crippen LogP contribution in [0.15, 0.2) is 29.2 Å². The lowest BCUT2D eigenvalue weighted by atomic mass is 10.2. The summed E-state index contributed by atoms with van der Waals surface area (Å²) in [7, 11) is -3.53. The molecule has 25 heavy (non-hydrogen) atoms. The molecule has 0 N–H and O–H groups in total. The van der Waals surface area contributed by atoms with Crippen molar-refractivity contribution in [2.45, 2.75) is 51.0 Å². The number of sulfonamides is 1. The van der Waals surface area contributed by atoms with Gasteiger partial charge in [0.05, 0.1) is 11.0 Å². The van der Waals surface area contributed by atoms with Crippen molar-refractivity contribution in [1.29, 1.82) is 0 Å². The Morgan fingerprint density at radius 1 is 1.12 bits per heavy atom. The van der Waals surface area contributed by atoms with E-state index in [1.807, 2.05) is 13.8 Å². The average molecular weight is 368 g/mol. The quantitative estimate of drug-likeness (QED) is 0.742. The minimum Gasteiger partial charge on any atom is -0.491 e. The molecule has 1 aliphatic heterocycles. The summed E-state index contributed by atoms with van der Waals surface area (Å²) >= 11 is 0. The lowest BCUT2D eigenvalue weighted by molar-refractivity contribution is -0.132. The average Bonchev–Trinajstić information content (AvgIpc) is 2.59. The van der Waals surface area contributed by atoms with Crippen molar-refractivity contribution in [3.05, 3.63) is 24.3 Å². The fraction of sp³-hybridized carbons (Fsp3) is 0.611. The molecule has 1 aromatic rings. The van der Waals surface area contributed by atoms with Crippen molar-refractivity contribution in [3.63, 3.8) is 0 Å². The monoisotopic (exact) mass is 368 g/mol. The molecule has 2 rings (SSSR count). The van der Waals surface area contributed by atoms with Gasteiger partial charge < -0.3 is 9.64 Å². The summed E-state index contributed by atoms with van der Waals surface area (Å²) < 4.78 is 32.5. The molecule has 1 fully saturated rings. The predicted molar refractivity (Wildman–Crippen MR) is 97.1 cm³/mol. The molecule has 7 heteroatoms. The number of piperazine rings is 1. The van der Waals surface area contributed by atoms with Crippen molar-refractivity contribution in [1.82, 2.24) is 9.21 Å². The molecule has 0 atom stereocenters. The van der Waals surface area contributed by atoms with E-state index in [-0.39, 0.29) is 16.9 Å². The van der Waals surface area contributed by atoms with Crippen LogP contribution >= 0.6 is 0 Å². The largest absolute Gasteiger partial charge is 0.491 e. The highest BCUT2D eigenvalue weighted by molar-refractivity contribution is 7.89. The molecule has 1 heterocycles. The summed E-state index contributed by atoms with van der Waals surface area (Å²) in [6.07, 6.45) is 2.44. The van der Waals surface area contributed by atoms with Gasteiger partial charge in [-0.2, -0.15) is 4.31 Å². The predicted octanol–water partition coefficient (Wildman–Crippen LogP) is 2.50. The number of unbranched alkanes of at least 4 members (excludes halogenated alkanes) is 1. The maximum atomic E-state index is 12.8. The highest BCUT2D eigenvalue weighted by Gasteiger charge is 2.29. The highest BCUT2D eigenvalue weighted by Crippen LogP contribution is 2.21. The second-order valence-corrected chi connectivity index (χ2v) is 8.46. The number of rotatable bonds is 7. The molecule has 0 radical (unpaired) electrons. The van der Waals surface area contributed by atoms with Crippen LogP contribution in [-0.2, 0) is 14.8 Å². The Morgan fingerprint density at radius 3 is 2.24 bits per heavy atom. The summed E-state index contributed by atoms with van der Waals surface area (Å²) in [5.74, 6) is 0.773. The van der Waals surface area contributed by atoms with Crippen LogP contribution in [0.4, 0.5) is 0 Å². The van der Waals surface area contributed by atoms with Crippen LogP contribution in [0.1, 0.15) is 40.0 Å². The zero-order valence-electron chi connectivity index (χ0n) is 15.3. The Kier molecular flexibility index (Phi) is 6.84. The number of benzene rings is 1. The van der Waals surface area contributed by atoms with Crippen molar-refractivity contribution in [3.8, 4) is 5.75 Å². The van der Waals surface area contributed by atoms with E-state index in [1.165, 1.54) is 4.31 Å². The Bertz CT molecular complexity index is 663. The van der Waals surface area contributed by atoms with E-state index in [0.717, 1.165) is 12.8 Å². The lowest BCUT2D eigenvalue weighted by Crippen LogP contribution is -2.50. The first-order chi connectivity index (χ1) is 11.8. The second kappa shape index (κ2) is 8.67. The topological polar surface area (TPSA) is 66.9 Å². The van der Waals surface area contributed by atoms with Crippen LogP contribution in [-0.4, -0.2) is 55.8 Å². The second-order valence-electron chi connectivity index (χ2n) is 6.53. The third-order valence-corrected chi connectivity index (χ3v) is 6.08. The molecule has 0 aromatic heterocycles. The molecule has 0 aliphatic carbocycles. The minimum absolute atomic E-state index is 0.0424. The molecule has 1 aliphatic rings. The van der Waals surface area contributed by atoms with Crippen molar-refractivity contribution >= 4 is 15.9 Å². The van der Waals surface area contributed by atoms with Gasteiger partial charge in [-0.15, -0.1) is 0 Å². The van der Waals surface area contributed by atoms with Crippen LogP contribution in [0.2, 0.25) is 0 Å². The van der Waals surface area contributed by atoms with Crippen molar-refractivity contribution in [2.24, 2.45) is 0 Å². The Morgan fingerprint density at radius 2 is 1.72 bits per heavy atom. The maximum Gasteiger partial charge on any atom is 0.243 e. The molecular weight excluding hydrogens is 340 g/mol. The lowest BCUT2D eigenvalue weighted by Gasteiger charge is -2.34. The number of ether oxygens (including phenoxy) is 1. The summed E-state index contributed by atoms with van der Waals surface area (Å²) in [5.41, 5.74) is 0. The first-order valence-corrected chi connectivity index (χ1v) is 10.3. The zero-order chi connectivity index (χ0) is 18.4. The summed E-state index contributed by atoms with van der Waals surface area (Å²) in [4.78, 5) is 14.1. The molecule has 1 amide bonds. The van der Waals surface area contributed by atoms with Crippen LogP contribution in [0.25, 0.3) is 0 Å². The van der Waals surface area contributed by atoms with Crippen molar-refractivity contribution in [2.75, 3.05) is 26.2 Å². The van der Waals surface area contributed by atoms with E-state index in [4.69, 9.17) is 4.74 Å². The van der Waals surface area contributed by atoms with Gasteiger partial charge in [0.1, 0.15) is 5.75 Å². The number of nitrogens with zero attached hydrogens (tertiary/aromatic N) is 2. The summed E-state index contributed by atoms with van der Waals surface area (Å²) in [6.45, 7) is 7.48. The zero-order valence-corrected chi connectivity index (χ0v) is 16.1. The number of carbonyl (C=O) groups is 1. The molecule has 0 spiro atoms. The van der Waals surface area contributed by atoms with Gasteiger partial charge >= 0.3 is 0 Å². The van der Waals surface area contributed by atoms with E-state index in [9.17, 15) is 13.2 Å². The number of carbonyl (C=O) groups excluding carboxylic acids is 1. The fourth-order valence-corrected chi connectivity index (χ4v) is 4.20. The van der Waals surface area contributed by atoms with Gasteiger partial charge in [-0.25, -0.2) is 8.42 Å². The molecule has 6 nitrogen and oxygen atoms in total. The van der Waals surface area contributed by atoms with Gasteiger partial charge in [0.15, 0.2) is 0 Å². The first kappa shape index (κ1) is 19.7. The Labute approximate surface area is 150 Å². The maximum absolute atomic E-state index is 12.8. The Hall–Kier alpha value is -1.60. The molecular formula is C18H28N2O4S. The van der Waals surface area contributed by atoms with E-state index < -0.39 is 10.0 Å². The summed E-state index contributed by atoms with van der Waals surface area (Å²) in [5, 5.41) is 0. The van der Waals surface area contributed by atoms with Crippen molar-refractivity contribution < 1.29 is 17.9 Å². The van der Waals surface area contributed by atoms with E-state index in [0.29, 0.717) is 38.3 Å². The molecule has 0 unspecified atom stereocenters. The van der Waals surface area contributed by atoms with Gasteiger partial charge in [-0.1, -0.05) is 13.3 Å². The van der Waals surface area contributed by atoms with E-state index >= 15 is 0 Å². The molecule has 0 saturated carbocycles. The summed E-state index contributed by atoms with van der Waals surface area (Å²) in [6, 6.07) is 6.51. The SMILES string of the molecule is CCCCC(=O)N1CCN(S(=O)(=O)c2ccc(OC(C)C)cc2)CC1. The van der Waals surface area contributed by atoms with E-state index in [1.54, 1.807) is 29.2 Å². The minimum atomic E-state index is -3.53. The van der Waals surface area contributed by atoms with Gasteiger partial charge in [0, 0.05) is 32.6 Å². The highest BCUT2D eigenvalue weighted by atomic mass is 32.2. The fourth-order valence-electron chi connectivity index (χ4n) is 2.78. The van der Waals surface area contributed by atoms with Gasteiger partial charge in [0.2, 0.25) is 15.9 Å². The van der Waals surface area contributed by atoms with Crippen LogP contribution in [0.5, 0.6) is 5.75 Å². The first-order valence-electron chi connectivity index (χ1n) is 8.89. The van der Waals surface area contributed by atoms with Crippen LogP contribution in [0, 0.1) is 0 Å². The van der Waals surface area contributed by atoms with Crippen LogP contribution < -0.4 is 4.74 Å². The molecule has 1 saturated heterocycles. The van der Waals surface area contributed by atoms with E-state index in [2.05, 4.69) is 6.92 Å². The normalized spacial score (nSPS) is 16.2. The number of hydrogen-bond acceptors (Lipinski definition) is 4. The third kappa shape index (κ3) is 5.19. The molecule has 0 bridgehead atoms. The third-order valence-electron chi connectivity index (χ3n) is 4.17. The number of amides is 1. The Balaban J connectivity index is 1.98. The number of hydrogen-bond donors (Lipinski definition) is 0. The smallest absolute Gasteiger partial charge is 0.243 e. The van der Waals surface area contributed by atoms with Gasteiger partial charge in [-0.05, 0) is 44.5 Å². The van der Waals surface area contributed by atoms with Gasteiger partial charge in [-0.3, -0.25) is 4.79 Å². The standard InChI is InChI=1S/C18H28N2O4S/c1-4-5-6-18(21)19-11-13-20(14-12-19)25(22,23)17-9-7-16(8-10-17)24-15(2)3/h7-10,15H,4-6,11-14H2,1-3H3. The molecule has 1 aromatic carbocycles. The molecule has 140 valence electrons. The van der Waals surface area contributed by atoms with Crippen LogP contribution in [0.3, 0.4) is 0 Å². The van der Waals surface area contributed by atoms with Gasteiger partial charge in [0.25, 0.3) is 0 Å².